The first-order valence-corrected chi connectivity index (χ1v) is 8.16. The maximum atomic E-state index is 5.93. The lowest BCUT2D eigenvalue weighted by molar-refractivity contribution is 0.0798. The standard InChI is InChI=1S/C17H22N4O2/c1-4-18-16(19-5-1)21-6-3-17(13-21)12-20(7-9-23-14-17)10-15-2-8-22-11-15/h1-2,4-5,8,11H,3,6-7,9-10,12-14H2/t17-/m1/s1. The lowest BCUT2D eigenvalue weighted by Gasteiger charge is -2.31. The van der Waals surface area contributed by atoms with Gasteiger partial charge in [-0.3, -0.25) is 4.90 Å². The van der Waals surface area contributed by atoms with E-state index in [9.17, 15) is 0 Å². The molecular formula is C17H22N4O2. The molecule has 0 amide bonds. The third-order valence-electron chi connectivity index (χ3n) is 4.78. The highest BCUT2D eigenvalue weighted by atomic mass is 16.5. The SMILES string of the molecule is c1cnc(N2CC[C@]3(COCCN(Cc4ccoc4)C3)C2)nc1. The first-order valence-electron chi connectivity index (χ1n) is 8.16. The van der Waals surface area contributed by atoms with Gasteiger partial charge in [-0.15, -0.1) is 0 Å². The molecule has 4 heterocycles. The number of furan rings is 1. The van der Waals surface area contributed by atoms with Crippen LogP contribution >= 0.6 is 0 Å². The van der Waals surface area contributed by atoms with Gasteiger partial charge in [0.25, 0.3) is 0 Å². The quantitative estimate of drug-likeness (QED) is 0.861. The molecular weight excluding hydrogens is 292 g/mol. The van der Waals surface area contributed by atoms with E-state index >= 15 is 0 Å². The molecule has 0 saturated carbocycles. The van der Waals surface area contributed by atoms with E-state index in [-0.39, 0.29) is 5.41 Å². The van der Waals surface area contributed by atoms with Crippen molar-refractivity contribution in [2.24, 2.45) is 5.41 Å². The number of rotatable bonds is 3. The van der Waals surface area contributed by atoms with Crippen LogP contribution in [0.25, 0.3) is 0 Å². The Bertz CT molecular complexity index is 619. The smallest absolute Gasteiger partial charge is 0.225 e. The molecule has 23 heavy (non-hydrogen) atoms. The molecule has 0 aromatic carbocycles. The van der Waals surface area contributed by atoms with Gasteiger partial charge in [0, 0.05) is 56.1 Å². The van der Waals surface area contributed by atoms with Crippen LogP contribution in [-0.2, 0) is 11.3 Å². The molecule has 2 aromatic rings. The van der Waals surface area contributed by atoms with E-state index in [1.165, 1.54) is 5.56 Å². The molecule has 4 rings (SSSR count). The van der Waals surface area contributed by atoms with E-state index in [1.807, 2.05) is 30.8 Å². The largest absolute Gasteiger partial charge is 0.472 e. The normalized spacial score (nSPS) is 25.8. The van der Waals surface area contributed by atoms with E-state index in [4.69, 9.17) is 9.15 Å². The molecule has 6 nitrogen and oxygen atoms in total. The van der Waals surface area contributed by atoms with Crippen LogP contribution in [0.4, 0.5) is 5.95 Å². The molecule has 1 atom stereocenters. The van der Waals surface area contributed by atoms with Crippen molar-refractivity contribution in [2.75, 3.05) is 44.3 Å². The number of hydrogen-bond acceptors (Lipinski definition) is 6. The number of ether oxygens (including phenoxy) is 1. The molecule has 2 aromatic heterocycles. The first kappa shape index (κ1) is 14.7. The van der Waals surface area contributed by atoms with E-state index < -0.39 is 0 Å². The summed E-state index contributed by atoms with van der Waals surface area (Å²) in [5, 5.41) is 0. The molecule has 6 heteroatoms. The molecule has 0 radical (unpaired) electrons. The van der Waals surface area contributed by atoms with Crippen molar-refractivity contribution in [2.45, 2.75) is 13.0 Å². The van der Waals surface area contributed by atoms with E-state index in [0.29, 0.717) is 0 Å². The second-order valence-electron chi connectivity index (χ2n) is 6.62. The van der Waals surface area contributed by atoms with Crippen LogP contribution in [0.15, 0.2) is 41.5 Å². The minimum Gasteiger partial charge on any atom is -0.472 e. The van der Waals surface area contributed by atoms with Crippen LogP contribution in [0, 0.1) is 5.41 Å². The molecule has 0 N–H and O–H groups in total. The van der Waals surface area contributed by atoms with Gasteiger partial charge in [-0.2, -0.15) is 0 Å². The highest BCUT2D eigenvalue weighted by Gasteiger charge is 2.41. The summed E-state index contributed by atoms with van der Waals surface area (Å²) in [4.78, 5) is 13.5. The van der Waals surface area contributed by atoms with Gasteiger partial charge in [-0.1, -0.05) is 0 Å². The third kappa shape index (κ3) is 3.23. The molecule has 2 aliphatic heterocycles. The van der Waals surface area contributed by atoms with Crippen molar-refractivity contribution >= 4 is 5.95 Å². The summed E-state index contributed by atoms with van der Waals surface area (Å²) in [7, 11) is 0. The van der Waals surface area contributed by atoms with Crippen LogP contribution in [0.3, 0.4) is 0 Å². The fraction of sp³-hybridized carbons (Fsp3) is 0.529. The fourth-order valence-corrected chi connectivity index (χ4v) is 3.66. The van der Waals surface area contributed by atoms with Crippen molar-refractivity contribution < 1.29 is 9.15 Å². The van der Waals surface area contributed by atoms with Gasteiger partial charge in [-0.25, -0.2) is 9.97 Å². The maximum Gasteiger partial charge on any atom is 0.225 e. The van der Waals surface area contributed by atoms with Crippen molar-refractivity contribution in [3.63, 3.8) is 0 Å². The number of anilines is 1. The van der Waals surface area contributed by atoms with Gasteiger partial charge in [0.05, 0.1) is 25.7 Å². The molecule has 1 spiro atoms. The maximum absolute atomic E-state index is 5.93. The van der Waals surface area contributed by atoms with Crippen LogP contribution in [-0.4, -0.2) is 54.3 Å². The van der Waals surface area contributed by atoms with Crippen LogP contribution < -0.4 is 4.90 Å². The Labute approximate surface area is 136 Å². The van der Waals surface area contributed by atoms with Gasteiger partial charge >= 0.3 is 0 Å². The Morgan fingerprint density at radius 1 is 1.17 bits per heavy atom. The molecule has 0 unspecified atom stereocenters. The predicted molar refractivity (Wildman–Crippen MR) is 86.1 cm³/mol. The van der Waals surface area contributed by atoms with Gasteiger partial charge < -0.3 is 14.1 Å². The van der Waals surface area contributed by atoms with Crippen LogP contribution in [0.5, 0.6) is 0 Å². The average Bonchev–Trinajstić information content (AvgIpc) is 3.18. The first-order chi connectivity index (χ1) is 11.3. The van der Waals surface area contributed by atoms with Crippen molar-refractivity contribution in [1.29, 1.82) is 0 Å². The second-order valence-corrected chi connectivity index (χ2v) is 6.62. The molecule has 2 aliphatic rings. The lowest BCUT2D eigenvalue weighted by atomic mass is 9.87. The number of hydrogen-bond donors (Lipinski definition) is 0. The van der Waals surface area contributed by atoms with Gasteiger partial charge in [0.1, 0.15) is 0 Å². The second kappa shape index (κ2) is 6.29. The minimum atomic E-state index is 0.166. The third-order valence-corrected chi connectivity index (χ3v) is 4.78. The summed E-state index contributed by atoms with van der Waals surface area (Å²) in [5.74, 6) is 0.829. The summed E-state index contributed by atoms with van der Waals surface area (Å²) in [6.45, 7) is 6.49. The van der Waals surface area contributed by atoms with Crippen molar-refractivity contribution in [3.8, 4) is 0 Å². The summed E-state index contributed by atoms with van der Waals surface area (Å²) < 4.78 is 11.1. The molecule has 2 fully saturated rings. The summed E-state index contributed by atoms with van der Waals surface area (Å²) in [5.41, 5.74) is 1.39. The number of nitrogens with zero attached hydrogens (tertiary/aromatic N) is 4. The zero-order valence-electron chi connectivity index (χ0n) is 13.2. The zero-order valence-corrected chi connectivity index (χ0v) is 13.2. The van der Waals surface area contributed by atoms with E-state index in [1.54, 1.807) is 6.26 Å². The van der Waals surface area contributed by atoms with Crippen molar-refractivity contribution in [1.82, 2.24) is 14.9 Å². The topological polar surface area (TPSA) is 54.6 Å². The highest BCUT2D eigenvalue weighted by Crippen LogP contribution is 2.35. The predicted octanol–water partition coefficient (Wildman–Crippen LogP) is 1.80. The Hall–Kier alpha value is -1.92. The zero-order chi connectivity index (χ0) is 15.5. The Morgan fingerprint density at radius 2 is 2.09 bits per heavy atom. The highest BCUT2D eigenvalue weighted by molar-refractivity contribution is 5.32. The molecule has 0 aliphatic carbocycles. The van der Waals surface area contributed by atoms with Crippen LogP contribution in [0.2, 0.25) is 0 Å². The summed E-state index contributed by atoms with van der Waals surface area (Å²) in [6, 6.07) is 3.90. The van der Waals surface area contributed by atoms with Gasteiger partial charge in [0.15, 0.2) is 0 Å². The summed E-state index contributed by atoms with van der Waals surface area (Å²) in [6.07, 6.45) is 8.30. The van der Waals surface area contributed by atoms with Crippen LogP contribution in [0.1, 0.15) is 12.0 Å². The Morgan fingerprint density at radius 3 is 2.91 bits per heavy atom. The lowest BCUT2D eigenvalue weighted by Crippen LogP contribution is -2.40. The summed E-state index contributed by atoms with van der Waals surface area (Å²) >= 11 is 0. The van der Waals surface area contributed by atoms with Gasteiger partial charge in [0.2, 0.25) is 5.95 Å². The molecule has 0 bridgehead atoms. The van der Waals surface area contributed by atoms with E-state index in [0.717, 1.165) is 58.3 Å². The minimum absolute atomic E-state index is 0.166. The average molecular weight is 314 g/mol. The fourth-order valence-electron chi connectivity index (χ4n) is 3.66. The Kier molecular flexibility index (Phi) is 4.01. The Balaban J connectivity index is 1.46. The molecule has 2 saturated heterocycles. The number of aromatic nitrogens is 2. The van der Waals surface area contributed by atoms with Gasteiger partial charge in [-0.05, 0) is 18.6 Å². The van der Waals surface area contributed by atoms with E-state index in [2.05, 4.69) is 19.8 Å². The molecule has 122 valence electrons. The van der Waals surface area contributed by atoms with Crippen molar-refractivity contribution in [3.05, 3.63) is 42.6 Å². The monoisotopic (exact) mass is 314 g/mol.